The number of hydrogen-bond acceptors (Lipinski definition) is 6. The highest BCUT2D eigenvalue weighted by atomic mass is 16.5. The number of aromatic hydroxyl groups is 1. The van der Waals surface area contributed by atoms with E-state index in [2.05, 4.69) is 10.2 Å². The van der Waals surface area contributed by atoms with Crippen LogP contribution in [0.4, 0.5) is 0 Å². The number of hydrogen-bond donors (Lipinski definition) is 4. The highest BCUT2D eigenvalue weighted by Crippen LogP contribution is 2.65. The summed E-state index contributed by atoms with van der Waals surface area (Å²) in [6.45, 7) is 1.50. The summed E-state index contributed by atoms with van der Waals surface area (Å²) in [5.41, 5.74) is 0.309. The summed E-state index contributed by atoms with van der Waals surface area (Å²) in [5, 5.41) is 36.6. The fourth-order valence-corrected chi connectivity index (χ4v) is 6.80. The van der Waals surface area contributed by atoms with Crippen LogP contribution in [0.5, 0.6) is 11.5 Å². The van der Waals surface area contributed by atoms with Crippen LogP contribution in [-0.4, -0.2) is 69.7 Å². The van der Waals surface area contributed by atoms with Crippen molar-refractivity contribution in [1.82, 2.24) is 10.2 Å². The van der Waals surface area contributed by atoms with Crippen molar-refractivity contribution in [2.45, 2.75) is 73.3 Å². The van der Waals surface area contributed by atoms with Crippen LogP contribution in [0.1, 0.15) is 43.2 Å². The van der Waals surface area contributed by atoms with Crippen molar-refractivity contribution in [2.75, 3.05) is 20.1 Å². The number of benzene rings is 1. The molecule has 0 unspecified atom stereocenters. The molecule has 2 aliphatic heterocycles. The SMILES string of the molecule is CN[C@@H]1CC[C@@]2(O)[C@H]3Cc4ccc(O)c5c4[C@@]2(CCN3CC2(O)CC2)[C@H]1O5. The summed E-state index contributed by atoms with van der Waals surface area (Å²) >= 11 is 0. The van der Waals surface area contributed by atoms with Gasteiger partial charge in [0.25, 0.3) is 0 Å². The minimum Gasteiger partial charge on any atom is -0.504 e. The zero-order valence-corrected chi connectivity index (χ0v) is 15.7. The van der Waals surface area contributed by atoms with Crippen LogP contribution in [0.15, 0.2) is 12.1 Å². The lowest BCUT2D eigenvalue weighted by atomic mass is 9.48. The smallest absolute Gasteiger partial charge is 0.165 e. The number of phenolic OH excluding ortho intramolecular Hbond substituents is 1. The van der Waals surface area contributed by atoms with Gasteiger partial charge in [0.2, 0.25) is 0 Å². The number of β-amino-alcohol motifs (C(OH)–C–C–N with tert-alkyl or cyclic N) is 1. The van der Waals surface area contributed by atoms with E-state index in [1.165, 1.54) is 5.56 Å². The second kappa shape index (κ2) is 4.98. The van der Waals surface area contributed by atoms with E-state index in [0.717, 1.165) is 44.2 Å². The third-order valence-corrected chi connectivity index (χ3v) is 8.27. The van der Waals surface area contributed by atoms with Gasteiger partial charge in [0, 0.05) is 24.2 Å². The van der Waals surface area contributed by atoms with Gasteiger partial charge in [0.15, 0.2) is 11.5 Å². The number of piperidine rings is 1. The van der Waals surface area contributed by atoms with Crippen molar-refractivity contribution in [1.29, 1.82) is 0 Å². The molecule has 0 radical (unpaired) electrons. The van der Waals surface area contributed by atoms with E-state index in [0.29, 0.717) is 18.7 Å². The van der Waals surface area contributed by atoms with Gasteiger partial charge in [-0.15, -0.1) is 0 Å². The van der Waals surface area contributed by atoms with Gasteiger partial charge < -0.3 is 25.4 Å². The first-order valence-electron chi connectivity index (χ1n) is 10.3. The van der Waals surface area contributed by atoms with E-state index in [1.54, 1.807) is 6.07 Å². The molecule has 0 aromatic heterocycles. The monoisotopic (exact) mass is 372 g/mol. The fourth-order valence-electron chi connectivity index (χ4n) is 6.80. The molecule has 27 heavy (non-hydrogen) atoms. The molecule has 2 saturated carbocycles. The lowest BCUT2D eigenvalue weighted by molar-refractivity contribution is -0.194. The molecule has 6 heteroatoms. The Hall–Kier alpha value is -1.34. The number of nitrogens with one attached hydrogen (secondary N) is 1. The third-order valence-electron chi connectivity index (χ3n) is 8.27. The summed E-state index contributed by atoms with van der Waals surface area (Å²) in [7, 11) is 1.96. The standard InChI is InChI=1S/C21H28N2O4/c1-22-13-4-5-21(26)15-10-12-2-3-14(24)17-16(12)20(21,18(13)27-17)8-9-23(15)11-19(25)6-7-19/h2-3,13,15,18,22,24-26H,4-11H2,1H3/t13-,15-,18+,20+,21-/m1/s1. The molecule has 6 nitrogen and oxygen atoms in total. The molecule has 5 aliphatic rings. The quantitative estimate of drug-likeness (QED) is 0.624. The largest absolute Gasteiger partial charge is 0.504 e. The number of phenols is 1. The molecule has 1 aromatic carbocycles. The number of rotatable bonds is 3. The Labute approximate surface area is 159 Å². The molecule has 3 fully saturated rings. The van der Waals surface area contributed by atoms with E-state index in [9.17, 15) is 15.3 Å². The van der Waals surface area contributed by atoms with Crippen LogP contribution in [-0.2, 0) is 11.8 Å². The van der Waals surface area contributed by atoms with Crippen LogP contribution < -0.4 is 10.1 Å². The zero-order valence-electron chi connectivity index (χ0n) is 15.7. The molecule has 1 saturated heterocycles. The maximum absolute atomic E-state index is 12.2. The summed E-state index contributed by atoms with van der Waals surface area (Å²) in [6, 6.07) is 3.88. The molecule has 2 bridgehead atoms. The van der Waals surface area contributed by atoms with E-state index < -0.39 is 16.6 Å². The second-order valence-electron chi connectivity index (χ2n) is 9.48. The summed E-state index contributed by atoms with van der Waals surface area (Å²) in [4.78, 5) is 2.34. The fraction of sp³-hybridized carbons (Fsp3) is 0.714. The molecule has 1 spiro atoms. The van der Waals surface area contributed by atoms with Gasteiger partial charge in [-0.3, -0.25) is 4.90 Å². The molecular formula is C21H28N2O4. The number of aliphatic hydroxyl groups is 2. The van der Waals surface area contributed by atoms with Gasteiger partial charge in [0.1, 0.15) is 6.10 Å². The molecule has 4 N–H and O–H groups in total. The predicted molar refractivity (Wildman–Crippen MR) is 99.1 cm³/mol. The van der Waals surface area contributed by atoms with Gasteiger partial charge in [-0.2, -0.15) is 0 Å². The Morgan fingerprint density at radius 2 is 2.04 bits per heavy atom. The van der Waals surface area contributed by atoms with Crippen LogP contribution in [0.2, 0.25) is 0 Å². The molecule has 146 valence electrons. The Morgan fingerprint density at radius 3 is 2.78 bits per heavy atom. The number of likely N-dealkylation sites (tertiary alicyclic amines) is 1. The molecule has 1 aromatic rings. The van der Waals surface area contributed by atoms with Crippen molar-refractivity contribution in [2.24, 2.45) is 0 Å². The maximum Gasteiger partial charge on any atom is 0.165 e. The average Bonchev–Trinajstić information content (AvgIpc) is 3.25. The first-order valence-corrected chi connectivity index (χ1v) is 10.3. The summed E-state index contributed by atoms with van der Waals surface area (Å²) in [5.74, 6) is 0.772. The first kappa shape index (κ1) is 16.6. The third kappa shape index (κ3) is 1.85. The Morgan fingerprint density at radius 1 is 1.22 bits per heavy atom. The van der Waals surface area contributed by atoms with Crippen LogP contribution >= 0.6 is 0 Å². The van der Waals surface area contributed by atoms with Crippen molar-refractivity contribution in [3.05, 3.63) is 23.3 Å². The van der Waals surface area contributed by atoms with Crippen LogP contribution in [0, 0.1) is 0 Å². The van der Waals surface area contributed by atoms with Crippen molar-refractivity contribution in [3.8, 4) is 11.5 Å². The van der Waals surface area contributed by atoms with E-state index in [-0.39, 0.29) is 23.9 Å². The first-order chi connectivity index (χ1) is 12.9. The van der Waals surface area contributed by atoms with Crippen LogP contribution in [0.3, 0.4) is 0 Å². The molecule has 3 aliphatic carbocycles. The highest BCUT2D eigenvalue weighted by Gasteiger charge is 2.73. The van der Waals surface area contributed by atoms with E-state index in [4.69, 9.17) is 4.74 Å². The predicted octanol–water partition coefficient (Wildman–Crippen LogP) is 0.659. The molecular weight excluding hydrogens is 344 g/mol. The van der Waals surface area contributed by atoms with Gasteiger partial charge in [-0.1, -0.05) is 6.07 Å². The topological polar surface area (TPSA) is 85.2 Å². The highest BCUT2D eigenvalue weighted by molar-refractivity contribution is 5.62. The Balaban J connectivity index is 1.54. The number of nitrogens with zero attached hydrogens (tertiary/aromatic N) is 1. The molecule has 0 amide bonds. The number of ether oxygens (including phenoxy) is 1. The maximum atomic E-state index is 12.2. The minimum atomic E-state index is -0.888. The van der Waals surface area contributed by atoms with Crippen molar-refractivity contribution < 1.29 is 20.1 Å². The van der Waals surface area contributed by atoms with Gasteiger partial charge in [0.05, 0.1) is 16.6 Å². The molecule has 6 rings (SSSR count). The summed E-state index contributed by atoms with van der Waals surface area (Å²) in [6.07, 6.45) is 4.66. The van der Waals surface area contributed by atoms with E-state index >= 15 is 0 Å². The second-order valence-corrected chi connectivity index (χ2v) is 9.48. The van der Waals surface area contributed by atoms with Crippen molar-refractivity contribution in [3.63, 3.8) is 0 Å². The van der Waals surface area contributed by atoms with E-state index in [1.807, 2.05) is 13.1 Å². The summed E-state index contributed by atoms with van der Waals surface area (Å²) < 4.78 is 6.39. The van der Waals surface area contributed by atoms with Gasteiger partial charge in [-0.05, 0) is 63.7 Å². The lowest BCUT2D eigenvalue weighted by Gasteiger charge is -2.64. The number of likely N-dealkylation sites (N-methyl/N-ethyl adjacent to an activating group) is 1. The Kier molecular flexibility index (Phi) is 3.06. The minimum absolute atomic E-state index is 0.0113. The van der Waals surface area contributed by atoms with Crippen LogP contribution in [0.25, 0.3) is 0 Å². The van der Waals surface area contributed by atoms with Gasteiger partial charge >= 0.3 is 0 Å². The van der Waals surface area contributed by atoms with Crippen molar-refractivity contribution >= 4 is 0 Å². The zero-order chi connectivity index (χ0) is 18.6. The normalized spacial score (nSPS) is 43.1. The molecule has 2 heterocycles. The lowest BCUT2D eigenvalue weighted by Crippen LogP contribution is -2.78. The average molecular weight is 372 g/mol. The van der Waals surface area contributed by atoms with Gasteiger partial charge in [-0.25, -0.2) is 0 Å². The Bertz CT molecular complexity index is 825. The molecule has 5 atom stereocenters.